The third-order valence-electron chi connectivity index (χ3n) is 2.20. The molecule has 0 aromatic heterocycles. The van der Waals surface area contributed by atoms with Gasteiger partial charge in [0, 0.05) is 17.5 Å². The summed E-state index contributed by atoms with van der Waals surface area (Å²) in [6.45, 7) is 11.5. The maximum absolute atomic E-state index is 5.29. The van der Waals surface area contributed by atoms with Crippen LogP contribution in [0.2, 0.25) is 0 Å². The maximum Gasteiger partial charge on any atom is 0.124 e. The minimum absolute atomic E-state index is 0.858. The van der Waals surface area contributed by atoms with Gasteiger partial charge in [-0.3, -0.25) is 0 Å². The van der Waals surface area contributed by atoms with Gasteiger partial charge in [0.2, 0.25) is 0 Å². The van der Waals surface area contributed by atoms with Crippen LogP contribution >= 0.6 is 0 Å². The number of rotatable bonds is 4. The standard InChI is InChI=1S/C13H17NO/c1-6-11-7-12(14-9(2)3)8-13(15-5)10(11)4/h6-8,14H,1-2H2,3-5H3. The van der Waals surface area contributed by atoms with Crippen molar-refractivity contribution in [1.82, 2.24) is 0 Å². The Morgan fingerprint density at radius 1 is 1.47 bits per heavy atom. The molecule has 0 amide bonds. The van der Waals surface area contributed by atoms with E-state index < -0.39 is 0 Å². The Balaban J connectivity index is 3.20. The molecule has 0 fully saturated rings. The molecule has 15 heavy (non-hydrogen) atoms. The predicted molar refractivity (Wildman–Crippen MR) is 66.3 cm³/mol. The summed E-state index contributed by atoms with van der Waals surface area (Å²) in [4.78, 5) is 0. The summed E-state index contributed by atoms with van der Waals surface area (Å²) in [6, 6.07) is 3.98. The van der Waals surface area contributed by atoms with Crippen LogP contribution in [0.1, 0.15) is 18.1 Å². The van der Waals surface area contributed by atoms with E-state index >= 15 is 0 Å². The molecule has 0 heterocycles. The van der Waals surface area contributed by atoms with Crippen LogP contribution in [-0.4, -0.2) is 7.11 Å². The SMILES string of the molecule is C=Cc1cc(NC(=C)C)cc(OC)c1C. The van der Waals surface area contributed by atoms with Crippen LogP contribution in [0.25, 0.3) is 6.08 Å². The molecule has 0 aliphatic carbocycles. The number of anilines is 1. The largest absolute Gasteiger partial charge is 0.496 e. The van der Waals surface area contributed by atoms with E-state index in [2.05, 4.69) is 18.5 Å². The Morgan fingerprint density at radius 2 is 2.13 bits per heavy atom. The fraction of sp³-hybridized carbons (Fsp3) is 0.231. The number of nitrogens with one attached hydrogen (secondary N) is 1. The van der Waals surface area contributed by atoms with E-state index in [4.69, 9.17) is 4.74 Å². The van der Waals surface area contributed by atoms with Gasteiger partial charge >= 0.3 is 0 Å². The van der Waals surface area contributed by atoms with Crippen LogP contribution < -0.4 is 10.1 Å². The summed E-state index contributed by atoms with van der Waals surface area (Å²) in [5.41, 5.74) is 4.04. The van der Waals surface area contributed by atoms with Crippen LogP contribution in [0.4, 0.5) is 5.69 Å². The van der Waals surface area contributed by atoms with Crippen LogP contribution in [0.15, 0.2) is 31.0 Å². The molecule has 2 nitrogen and oxygen atoms in total. The van der Waals surface area contributed by atoms with Gasteiger partial charge in [0.05, 0.1) is 7.11 Å². The van der Waals surface area contributed by atoms with E-state index in [-0.39, 0.29) is 0 Å². The zero-order valence-corrected chi connectivity index (χ0v) is 9.55. The van der Waals surface area contributed by atoms with E-state index in [1.165, 1.54) is 0 Å². The van der Waals surface area contributed by atoms with Crippen molar-refractivity contribution in [3.63, 3.8) is 0 Å². The number of allylic oxidation sites excluding steroid dienone is 1. The third-order valence-corrected chi connectivity index (χ3v) is 2.20. The zero-order valence-electron chi connectivity index (χ0n) is 9.55. The first-order valence-corrected chi connectivity index (χ1v) is 4.82. The van der Waals surface area contributed by atoms with Gasteiger partial charge in [0.1, 0.15) is 5.75 Å². The minimum Gasteiger partial charge on any atom is -0.496 e. The van der Waals surface area contributed by atoms with Crippen LogP contribution in [-0.2, 0) is 0 Å². The van der Waals surface area contributed by atoms with E-state index in [1.54, 1.807) is 7.11 Å². The lowest BCUT2D eigenvalue weighted by Gasteiger charge is -2.12. The van der Waals surface area contributed by atoms with Gasteiger partial charge in [-0.15, -0.1) is 0 Å². The van der Waals surface area contributed by atoms with E-state index in [9.17, 15) is 0 Å². The topological polar surface area (TPSA) is 21.3 Å². The number of benzene rings is 1. The molecule has 0 aliphatic rings. The van der Waals surface area contributed by atoms with E-state index in [0.717, 1.165) is 28.3 Å². The van der Waals surface area contributed by atoms with Gasteiger partial charge in [-0.25, -0.2) is 0 Å². The molecule has 0 saturated carbocycles. The first-order valence-electron chi connectivity index (χ1n) is 4.82. The van der Waals surface area contributed by atoms with Gasteiger partial charge in [-0.2, -0.15) is 0 Å². The first-order chi connectivity index (χ1) is 7.08. The highest BCUT2D eigenvalue weighted by molar-refractivity contribution is 5.65. The second-order valence-corrected chi connectivity index (χ2v) is 3.50. The van der Waals surface area contributed by atoms with Crippen molar-refractivity contribution in [3.05, 3.63) is 42.1 Å². The number of ether oxygens (including phenoxy) is 1. The predicted octanol–water partition coefficient (Wildman–Crippen LogP) is 3.59. The fourth-order valence-corrected chi connectivity index (χ4v) is 1.45. The molecule has 0 aliphatic heterocycles. The average Bonchev–Trinajstić information content (AvgIpc) is 2.19. The Bertz CT molecular complexity index is 394. The molecule has 1 aromatic carbocycles. The molecule has 0 unspecified atom stereocenters. The van der Waals surface area contributed by atoms with Gasteiger partial charge in [-0.1, -0.05) is 19.2 Å². The third kappa shape index (κ3) is 2.62. The second kappa shape index (κ2) is 4.69. The van der Waals surface area contributed by atoms with Crippen molar-refractivity contribution >= 4 is 11.8 Å². The monoisotopic (exact) mass is 203 g/mol. The average molecular weight is 203 g/mol. The van der Waals surface area contributed by atoms with Gasteiger partial charge in [0.25, 0.3) is 0 Å². The van der Waals surface area contributed by atoms with E-state index in [0.29, 0.717) is 0 Å². The van der Waals surface area contributed by atoms with Crippen LogP contribution in [0.3, 0.4) is 0 Å². The van der Waals surface area contributed by atoms with Crippen molar-refractivity contribution < 1.29 is 4.74 Å². The number of hydrogen-bond donors (Lipinski definition) is 1. The number of hydrogen-bond acceptors (Lipinski definition) is 2. The summed E-state index contributed by atoms with van der Waals surface area (Å²) in [5.74, 6) is 0.858. The molecule has 1 N–H and O–H groups in total. The Hall–Kier alpha value is -1.70. The van der Waals surface area contributed by atoms with Crippen molar-refractivity contribution in [1.29, 1.82) is 0 Å². The first kappa shape index (κ1) is 11.4. The highest BCUT2D eigenvalue weighted by Gasteiger charge is 2.05. The summed E-state index contributed by atoms with van der Waals surface area (Å²) in [7, 11) is 1.67. The molecule has 1 aromatic rings. The lowest BCUT2D eigenvalue weighted by atomic mass is 10.1. The molecule has 0 spiro atoms. The summed E-state index contributed by atoms with van der Waals surface area (Å²) < 4.78 is 5.29. The zero-order chi connectivity index (χ0) is 11.4. The molecule has 1 rings (SSSR count). The lowest BCUT2D eigenvalue weighted by Crippen LogP contribution is -1.97. The smallest absolute Gasteiger partial charge is 0.124 e. The lowest BCUT2D eigenvalue weighted by molar-refractivity contribution is 0.412. The van der Waals surface area contributed by atoms with Crippen molar-refractivity contribution in [3.8, 4) is 5.75 Å². The quantitative estimate of drug-likeness (QED) is 0.807. The van der Waals surface area contributed by atoms with Gasteiger partial charge < -0.3 is 10.1 Å². The molecule has 0 atom stereocenters. The highest BCUT2D eigenvalue weighted by Crippen LogP contribution is 2.27. The normalized spacial score (nSPS) is 9.53. The minimum atomic E-state index is 0.858. The molecule has 80 valence electrons. The second-order valence-electron chi connectivity index (χ2n) is 3.50. The van der Waals surface area contributed by atoms with Crippen LogP contribution in [0.5, 0.6) is 5.75 Å². The maximum atomic E-state index is 5.29. The van der Waals surface area contributed by atoms with Crippen molar-refractivity contribution in [2.24, 2.45) is 0 Å². The van der Waals surface area contributed by atoms with Gasteiger partial charge in [0.15, 0.2) is 0 Å². The molecular formula is C13H17NO. The van der Waals surface area contributed by atoms with Gasteiger partial charge in [-0.05, 0) is 31.0 Å². The Kier molecular flexibility index (Phi) is 3.56. The molecular weight excluding hydrogens is 186 g/mol. The Labute approximate surface area is 91.3 Å². The summed E-state index contributed by atoms with van der Waals surface area (Å²) in [6.07, 6.45) is 1.82. The van der Waals surface area contributed by atoms with Crippen LogP contribution in [0, 0.1) is 6.92 Å². The molecule has 2 heteroatoms. The molecule has 0 radical (unpaired) electrons. The summed E-state index contributed by atoms with van der Waals surface area (Å²) in [5, 5.41) is 3.16. The molecule has 0 bridgehead atoms. The molecule has 0 saturated heterocycles. The highest BCUT2D eigenvalue weighted by atomic mass is 16.5. The Morgan fingerprint density at radius 3 is 2.60 bits per heavy atom. The van der Waals surface area contributed by atoms with E-state index in [1.807, 2.05) is 32.1 Å². The number of methoxy groups -OCH3 is 1. The summed E-state index contributed by atoms with van der Waals surface area (Å²) >= 11 is 0. The fourth-order valence-electron chi connectivity index (χ4n) is 1.45. The van der Waals surface area contributed by atoms with Crippen molar-refractivity contribution in [2.45, 2.75) is 13.8 Å². The van der Waals surface area contributed by atoms with Crippen molar-refractivity contribution in [2.75, 3.05) is 12.4 Å².